The van der Waals surface area contributed by atoms with Crippen molar-refractivity contribution in [2.24, 2.45) is 0 Å². The summed E-state index contributed by atoms with van der Waals surface area (Å²) in [6.07, 6.45) is 1.37. The number of ether oxygens (including phenoxy) is 1. The molecule has 7 heteroatoms. The first kappa shape index (κ1) is 19.3. The molecule has 0 fully saturated rings. The number of ketones is 1. The van der Waals surface area contributed by atoms with E-state index in [2.05, 4.69) is 4.98 Å². The smallest absolute Gasteiger partial charge is 0.340 e. The summed E-state index contributed by atoms with van der Waals surface area (Å²) in [5, 5.41) is 18.9. The van der Waals surface area contributed by atoms with Crippen LogP contribution in [0.4, 0.5) is 0 Å². The molecule has 6 nitrogen and oxygen atoms in total. The number of hydrogen-bond acceptors (Lipinski definition) is 5. The first-order valence-electron chi connectivity index (χ1n) is 7.81. The number of H-pyrrole nitrogens is 1. The van der Waals surface area contributed by atoms with E-state index >= 15 is 0 Å². The van der Waals surface area contributed by atoms with Crippen LogP contribution in [0.5, 0.6) is 5.75 Å². The van der Waals surface area contributed by atoms with E-state index in [-0.39, 0.29) is 28.6 Å². The number of aromatic nitrogens is 1. The molecular weight excluding hydrogens is 356 g/mol. The van der Waals surface area contributed by atoms with Crippen molar-refractivity contribution in [1.82, 2.24) is 4.98 Å². The number of aromatic hydroxyl groups is 1. The van der Waals surface area contributed by atoms with Gasteiger partial charge in [-0.25, -0.2) is 4.79 Å². The zero-order chi connectivity index (χ0) is 19.4. The molecule has 0 amide bonds. The monoisotopic (exact) mass is 372 g/mol. The molecule has 1 heterocycles. The highest BCUT2D eigenvalue weighted by molar-refractivity contribution is 6.32. The van der Waals surface area contributed by atoms with E-state index in [1.54, 1.807) is 20.8 Å². The molecule has 0 unspecified atom stereocenters. The number of Topliss-reactive ketones (excluding diaryl/α,β-unsaturated/α-hetero) is 1. The van der Waals surface area contributed by atoms with Crippen LogP contribution in [0.15, 0.2) is 23.8 Å². The molecule has 0 aliphatic rings. The fourth-order valence-electron chi connectivity index (χ4n) is 2.55. The Morgan fingerprint density at radius 2 is 2.08 bits per heavy atom. The average Bonchev–Trinajstić information content (AvgIpc) is 2.90. The van der Waals surface area contributed by atoms with Crippen LogP contribution in [-0.2, 0) is 4.74 Å². The van der Waals surface area contributed by atoms with E-state index in [0.29, 0.717) is 22.4 Å². The maximum atomic E-state index is 12.7. The number of aryl methyl sites for hydroxylation is 1. The summed E-state index contributed by atoms with van der Waals surface area (Å²) in [6.45, 7) is 5.19. The number of halogens is 1. The quantitative estimate of drug-likeness (QED) is 0.358. The van der Waals surface area contributed by atoms with Gasteiger partial charge in [-0.3, -0.25) is 4.79 Å². The van der Waals surface area contributed by atoms with Crippen molar-refractivity contribution < 1.29 is 19.4 Å². The van der Waals surface area contributed by atoms with Gasteiger partial charge in [-0.05, 0) is 50.1 Å². The summed E-state index contributed by atoms with van der Waals surface area (Å²) in [5.74, 6) is -1.16. The molecule has 0 saturated carbocycles. The van der Waals surface area contributed by atoms with Crippen molar-refractivity contribution in [2.75, 3.05) is 6.61 Å². The van der Waals surface area contributed by atoms with E-state index in [4.69, 9.17) is 16.3 Å². The number of nitrogens with zero attached hydrogens (tertiary/aromatic N) is 1. The topological polar surface area (TPSA) is 103 Å². The van der Waals surface area contributed by atoms with Crippen molar-refractivity contribution in [3.8, 4) is 11.8 Å². The average molecular weight is 373 g/mol. The lowest BCUT2D eigenvalue weighted by atomic mass is 10.0. The third kappa shape index (κ3) is 3.79. The number of esters is 1. The fraction of sp³-hybridized carbons (Fsp3) is 0.211. The first-order chi connectivity index (χ1) is 12.3. The van der Waals surface area contributed by atoms with Crippen molar-refractivity contribution in [3.05, 3.63) is 56.9 Å². The molecule has 2 aromatic rings. The Hall–Kier alpha value is -3.04. The van der Waals surface area contributed by atoms with Gasteiger partial charge in [0.25, 0.3) is 0 Å². The molecule has 134 valence electrons. The summed E-state index contributed by atoms with van der Waals surface area (Å²) in [5.41, 5.74) is 1.73. The second-order valence-corrected chi connectivity index (χ2v) is 5.96. The largest absolute Gasteiger partial charge is 0.506 e. The Kier molecular flexibility index (Phi) is 5.86. The number of benzene rings is 1. The van der Waals surface area contributed by atoms with Gasteiger partial charge < -0.3 is 14.8 Å². The molecule has 0 spiro atoms. The van der Waals surface area contributed by atoms with E-state index < -0.39 is 11.8 Å². The van der Waals surface area contributed by atoms with Gasteiger partial charge in [-0.2, -0.15) is 5.26 Å². The predicted octanol–water partition coefficient (Wildman–Crippen LogP) is 3.96. The van der Waals surface area contributed by atoms with Gasteiger partial charge in [0.15, 0.2) is 0 Å². The minimum absolute atomic E-state index is 0.0939. The number of carbonyl (C=O) groups is 2. The Morgan fingerprint density at radius 1 is 1.38 bits per heavy atom. The molecule has 0 aliphatic carbocycles. The Labute approximate surface area is 155 Å². The summed E-state index contributed by atoms with van der Waals surface area (Å²) in [6, 6.07) is 6.21. The summed E-state index contributed by atoms with van der Waals surface area (Å²) < 4.78 is 5.00. The van der Waals surface area contributed by atoms with Crippen molar-refractivity contribution in [3.63, 3.8) is 0 Å². The van der Waals surface area contributed by atoms with E-state index in [1.807, 2.05) is 6.07 Å². The van der Waals surface area contributed by atoms with Crippen LogP contribution in [0, 0.1) is 25.2 Å². The van der Waals surface area contributed by atoms with E-state index in [1.165, 1.54) is 24.3 Å². The lowest BCUT2D eigenvalue weighted by molar-refractivity contribution is 0.0525. The highest BCUT2D eigenvalue weighted by atomic mass is 35.5. The minimum atomic E-state index is -0.548. The maximum absolute atomic E-state index is 12.7. The van der Waals surface area contributed by atoms with Gasteiger partial charge >= 0.3 is 5.97 Å². The van der Waals surface area contributed by atoms with Crippen LogP contribution >= 0.6 is 11.6 Å². The summed E-state index contributed by atoms with van der Waals surface area (Å²) in [7, 11) is 0. The molecule has 0 aliphatic heterocycles. The lowest BCUT2D eigenvalue weighted by Crippen LogP contribution is -2.08. The molecule has 2 rings (SSSR count). The Balaban J connectivity index is 2.45. The Morgan fingerprint density at radius 3 is 2.65 bits per heavy atom. The van der Waals surface area contributed by atoms with Crippen molar-refractivity contribution in [2.45, 2.75) is 20.8 Å². The molecule has 26 heavy (non-hydrogen) atoms. The normalized spacial score (nSPS) is 11.1. The van der Waals surface area contributed by atoms with E-state index in [9.17, 15) is 20.0 Å². The number of allylic oxidation sites excluding steroid dienone is 1. The zero-order valence-electron chi connectivity index (χ0n) is 14.5. The number of carbonyl (C=O) groups excluding carboxylic acids is 2. The number of rotatable bonds is 5. The third-order valence-corrected chi connectivity index (χ3v) is 4.09. The van der Waals surface area contributed by atoms with Gasteiger partial charge in [0.1, 0.15) is 17.4 Å². The molecule has 0 saturated heterocycles. The Bertz CT molecular complexity index is 951. The van der Waals surface area contributed by atoms with Gasteiger partial charge in [-0.15, -0.1) is 0 Å². The molecular formula is C19H17ClN2O4. The van der Waals surface area contributed by atoms with Crippen LogP contribution in [0.25, 0.3) is 6.08 Å². The predicted molar refractivity (Wildman–Crippen MR) is 97.3 cm³/mol. The maximum Gasteiger partial charge on any atom is 0.340 e. The van der Waals surface area contributed by atoms with Crippen LogP contribution in [0.3, 0.4) is 0 Å². The fourth-order valence-corrected chi connectivity index (χ4v) is 2.74. The number of aromatic amines is 1. The van der Waals surface area contributed by atoms with Crippen LogP contribution in [0.2, 0.25) is 5.02 Å². The molecule has 0 atom stereocenters. The van der Waals surface area contributed by atoms with Gasteiger partial charge in [0.05, 0.1) is 22.9 Å². The molecule has 1 aromatic heterocycles. The number of nitrogens with one attached hydrogen (secondary N) is 1. The van der Waals surface area contributed by atoms with Crippen LogP contribution in [-0.4, -0.2) is 28.4 Å². The standard InChI is InChI=1S/C19H17ClN2O4/c1-4-26-19(25)16-10(2)17(22-11(16)3)18(24)13(9-21)7-12-5-6-15(23)14(20)8-12/h5-8,22-23H,4H2,1-3H3. The molecule has 0 bridgehead atoms. The van der Waals surface area contributed by atoms with Crippen molar-refractivity contribution >= 4 is 29.4 Å². The van der Waals surface area contributed by atoms with Crippen molar-refractivity contribution in [1.29, 1.82) is 5.26 Å². The van der Waals surface area contributed by atoms with Gasteiger partial charge in [0.2, 0.25) is 5.78 Å². The number of hydrogen-bond donors (Lipinski definition) is 2. The number of phenolic OH excluding ortho intramolecular Hbond substituents is 1. The third-order valence-electron chi connectivity index (χ3n) is 3.79. The zero-order valence-corrected chi connectivity index (χ0v) is 15.3. The van der Waals surface area contributed by atoms with Gasteiger partial charge in [0, 0.05) is 5.69 Å². The highest BCUT2D eigenvalue weighted by Crippen LogP contribution is 2.26. The first-order valence-corrected chi connectivity index (χ1v) is 8.19. The lowest BCUT2D eigenvalue weighted by Gasteiger charge is -2.03. The molecule has 1 aromatic carbocycles. The number of nitriles is 1. The molecule has 0 radical (unpaired) electrons. The second-order valence-electron chi connectivity index (χ2n) is 5.56. The van der Waals surface area contributed by atoms with E-state index in [0.717, 1.165) is 0 Å². The minimum Gasteiger partial charge on any atom is -0.506 e. The van der Waals surface area contributed by atoms with Crippen LogP contribution in [0.1, 0.15) is 44.6 Å². The second kappa shape index (κ2) is 7.89. The number of phenols is 1. The highest BCUT2D eigenvalue weighted by Gasteiger charge is 2.24. The van der Waals surface area contributed by atoms with Gasteiger partial charge in [-0.1, -0.05) is 17.7 Å². The van der Waals surface area contributed by atoms with Crippen LogP contribution < -0.4 is 0 Å². The SMILES string of the molecule is CCOC(=O)c1c(C)[nH]c(C(=O)C(C#N)=Cc2ccc(O)c(Cl)c2)c1C. The summed E-state index contributed by atoms with van der Waals surface area (Å²) >= 11 is 5.85. The summed E-state index contributed by atoms with van der Waals surface area (Å²) in [4.78, 5) is 27.7. The molecule has 2 N–H and O–H groups in total.